The quantitative estimate of drug-likeness (QED) is 0.628. The van der Waals surface area contributed by atoms with Crippen LogP contribution in [-0.4, -0.2) is 83.0 Å². The van der Waals surface area contributed by atoms with Gasteiger partial charge < -0.3 is 24.2 Å². The molecular formula is C22H30N6O6. The number of fused-ring (bicyclic) bond motifs is 3. The van der Waals surface area contributed by atoms with Crippen LogP contribution in [0, 0.1) is 0 Å². The number of carbonyl (C=O) groups excluding carboxylic acids is 2. The molecule has 3 saturated heterocycles. The lowest BCUT2D eigenvalue weighted by molar-refractivity contribution is 0.00311. The largest absolute Gasteiger partial charge is 0.444 e. The lowest BCUT2D eigenvalue weighted by Crippen LogP contribution is -2.49. The van der Waals surface area contributed by atoms with Crippen molar-refractivity contribution in [3.63, 3.8) is 0 Å². The van der Waals surface area contributed by atoms with Crippen LogP contribution in [0.15, 0.2) is 15.9 Å². The Morgan fingerprint density at radius 3 is 2.38 bits per heavy atom. The van der Waals surface area contributed by atoms with Crippen LogP contribution in [0.25, 0.3) is 11.2 Å². The number of rotatable bonds is 1. The Labute approximate surface area is 195 Å². The number of carbonyl (C=O) groups is 2. The Balaban J connectivity index is 1.50. The van der Waals surface area contributed by atoms with Crippen molar-refractivity contribution in [1.82, 2.24) is 28.9 Å². The van der Waals surface area contributed by atoms with Crippen LogP contribution >= 0.6 is 0 Å². The number of H-pyrrole nitrogens is 1. The lowest BCUT2D eigenvalue weighted by atomic mass is 9.97. The van der Waals surface area contributed by atoms with Crippen LogP contribution in [-0.2, 0) is 4.74 Å². The van der Waals surface area contributed by atoms with Gasteiger partial charge in [-0.15, -0.1) is 0 Å². The number of hydrogen-bond donors (Lipinski definition) is 2. The molecule has 184 valence electrons. The fourth-order valence-electron chi connectivity index (χ4n) is 5.53. The first-order valence-electron chi connectivity index (χ1n) is 11.7. The predicted molar refractivity (Wildman–Crippen MR) is 121 cm³/mol. The molecule has 3 unspecified atom stereocenters. The van der Waals surface area contributed by atoms with Gasteiger partial charge in [0.15, 0.2) is 11.2 Å². The second-order valence-corrected chi connectivity index (χ2v) is 10.5. The zero-order chi connectivity index (χ0) is 24.4. The molecule has 2 aromatic heterocycles. The average Bonchev–Trinajstić information content (AvgIpc) is 3.43. The van der Waals surface area contributed by atoms with Gasteiger partial charge in [0.2, 0.25) is 0 Å². The number of likely N-dealkylation sites (tertiary alicyclic amines) is 1. The fraction of sp³-hybridized carbons (Fsp3) is 0.682. The van der Waals surface area contributed by atoms with Crippen molar-refractivity contribution in [1.29, 1.82) is 0 Å². The molecule has 5 rings (SSSR count). The summed E-state index contributed by atoms with van der Waals surface area (Å²) in [5.41, 5.74) is -1.92. The van der Waals surface area contributed by atoms with E-state index >= 15 is 0 Å². The van der Waals surface area contributed by atoms with E-state index in [1.165, 1.54) is 11.2 Å². The molecule has 0 aromatic carbocycles. The third-order valence-electron chi connectivity index (χ3n) is 6.95. The molecule has 5 heterocycles. The molecule has 3 aliphatic heterocycles. The monoisotopic (exact) mass is 474 g/mol. The topological polar surface area (TPSA) is 143 Å². The van der Waals surface area contributed by atoms with Gasteiger partial charge in [-0.25, -0.2) is 19.4 Å². The first-order valence-corrected chi connectivity index (χ1v) is 11.7. The first kappa shape index (κ1) is 22.6. The number of aromatic amines is 1. The predicted octanol–water partition coefficient (Wildman–Crippen LogP) is 1.02. The summed E-state index contributed by atoms with van der Waals surface area (Å²) in [4.78, 5) is 60.9. The smallest absolute Gasteiger partial charge is 0.410 e. The number of nitrogens with zero attached hydrogens (tertiary/aromatic N) is 5. The minimum absolute atomic E-state index is 0.00890. The van der Waals surface area contributed by atoms with Crippen molar-refractivity contribution in [3.8, 4) is 0 Å². The van der Waals surface area contributed by atoms with E-state index < -0.39 is 29.0 Å². The van der Waals surface area contributed by atoms with Crippen LogP contribution in [0.1, 0.15) is 58.9 Å². The summed E-state index contributed by atoms with van der Waals surface area (Å²) in [5, 5.41) is 9.85. The highest BCUT2D eigenvalue weighted by Crippen LogP contribution is 2.42. The highest BCUT2D eigenvalue weighted by Gasteiger charge is 2.46. The van der Waals surface area contributed by atoms with Crippen LogP contribution in [0.5, 0.6) is 0 Å². The number of imidazole rings is 1. The molecule has 0 radical (unpaired) electrons. The SMILES string of the molecule is CC(C)(C)OC(=O)N1C2CCC1CC(n1cnc3c(=O)[nH]c(=O)n(C(=O)N4CCC(O)C4)c31)C2. The molecule has 2 aromatic rings. The van der Waals surface area contributed by atoms with Gasteiger partial charge in [-0.2, -0.15) is 4.57 Å². The number of aromatic nitrogens is 4. The van der Waals surface area contributed by atoms with Crippen LogP contribution < -0.4 is 11.2 Å². The maximum atomic E-state index is 13.2. The molecular weight excluding hydrogens is 444 g/mol. The van der Waals surface area contributed by atoms with E-state index in [2.05, 4.69) is 9.97 Å². The maximum Gasteiger partial charge on any atom is 0.410 e. The van der Waals surface area contributed by atoms with Gasteiger partial charge in [0.1, 0.15) is 5.60 Å². The van der Waals surface area contributed by atoms with Crippen LogP contribution in [0.3, 0.4) is 0 Å². The van der Waals surface area contributed by atoms with Gasteiger partial charge in [-0.1, -0.05) is 0 Å². The van der Waals surface area contributed by atoms with Crippen molar-refractivity contribution >= 4 is 23.3 Å². The number of hydrogen-bond acceptors (Lipinski definition) is 7. The van der Waals surface area contributed by atoms with Crippen LogP contribution in [0.4, 0.5) is 9.59 Å². The normalized spacial score (nSPS) is 26.9. The minimum atomic E-state index is -0.834. The molecule has 3 fully saturated rings. The molecule has 0 spiro atoms. The molecule has 0 saturated carbocycles. The third kappa shape index (κ3) is 3.79. The highest BCUT2D eigenvalue weighted by atomic mass is 16.6. The molecule has 3 aliphatic rings. The number of nitrogens with one attached hydrogen (secondary N) is 1. The Morgan fingerprint density at radius 2 is 1.79 bits per heavy atom. The standard InChI is InChI=1S/C22H30N6O6/c1-22(2,3)34-21(33)27-12-4-5-13(27)9-14(8-12)26-11-23-16-17(30)24-19(31)28(18(16)26)20(32)25-7-6-15(29)10-25/h11-15,29H,4-10H2,1-3H3,(H,24,30,31). The van der Waals surface area contributed by atoms with Gasteiger partial charge in [0.05, 0.1) is 12.4 Å². The molecule has 2 amide bonds. The Bertz CT molecular complexity index is 1240. The second-order valence-electron chi connectivity index (χ2n) is 10.5. The van der Waals surface area contributed by atoms with E-state index in [9.17, 15) is 24.3 Å². The average molecular weight is 475 g/mol. The summed E-state index contributed by atoms with van der Waals surface area (Å²) >= 11 is 0. The van der Waals surface area contributed by atoms with E-state index in [4.69, 9.17) is 4.74 Å². The Morgan fingerprint density at radius 1 is 1.12 bits per heavy atom. The number of aliphatic hydroxyl groups excluding tert-OH is 1. The van der Waals surface area contributed by atoms with Gasteiger partial charge in [0.25, 0.3) is 5.56 Å². The summed E-state index contributed by atoms with van der Waals surface area (Å²) in [6, 6.07) is -0.824. The van der Waals surface area contributed by atoms with E-state index in [0.717, 1.165) is 17.4 Å². The number of β-amino-alcohol motifs (C(OH)–C–C–N with tert-alkyl or cyclic N) is 1. The van der Waals surface area contributed by atoms with Crippen LogP contribution in [0.2, 0.25) is 0 Å². The zero-order valence-electron chi connectivity index (χ0n) is 19.6. The Hall–Kier alpha value is -3.15. The highest BCUT2D eigenvalue weighted by molar-refractivity contribution is 5.86. The number of aliphatic hydroxyl groups is 1. The lowest BCUT2D eigenvalue weighted by Gasteiger charge is -2.40. The van der Waals surface area contributed by atoms with Crippen molar-refractivity contribution in [2.24, 2.45) is 0 Å². The van der Waals surface area contributed by atoms with Gasteiger partial charge in [-0.3, -0.25) is 9.78 Å². The molecule has 12 nitrogen and oxygen atoms in total. The van der Waals surface area contributed by atoms with E-state index in [1.54, 1.807) is 4.57 Å². The van der Waals surface area contributed by atoms with Crippen molar-refractivity contribution in [2.45, 2.75) is 82.7 Å². The van der Waals surface area contributed by atoms with E-state index in [1.807, 2.05) is 25.7 Å². The third-order valence-corrected chi connectivity index (χ3v) is 6.95. The number of ether oxygens (including phenoxy) is 1. The fourth-order valence-corrected chi connectivity index (χ4v) is 5.53. The molecule has 2 bridgehead atoms. The Kier molecular flexibility index (Phi) is 5.30. The zero-order valence-corrected chi connectivity index (χ0v) is 19.6. The van der Waals surface area contributed by atoms with E-state index in [-0.39, 0.29) is 41.9 Å². The van der Waals surface area contributed by atoms with E-state index in [0.29, 0.717) is 25.8 Å². The van der Waals surface area contributed by atoms with Crippen molar-refractivity contribution in [2.75, 3.05) is 13.1 Å². The number of piperidine rings is 1. The van der Waals surface area contributed by atoms with Gasteiger partial charge in [0, 0.05) is 31.2 Å². The molecule has 34 heavy (non-hydrogen) atoms. The molecule has 2 N–H and O–H groups in total. The summed E-state index contributed by atoms with van der Waals surface area (Å²) in [6.07, 6.45) is 3.82. The van der Waals surface area contributed by atoms with Gasteiger partial charge >= 0.3 is 17.8 Å². The second kappa shape index (κ2) is 7.97. The summed E-state index contributed by atoms with van der Waals surface area (Å²) in [5.74, 6) is 0. The van der Waals surface area contributed by atoms with Gasteiger partial charge in [-0.05, 0) is 52.9 Å². The minimum Gasteiger partial charge on any atom is -0.444 e. The maximum absolute atomic E-state index is 13.2. The molecule has 12 heteroatoms. The molecule has 0 aliphatic carbocycles. The summed E-state index contributed by atoms with van der Waals surface area (Å²) in [6.45, 7) is 5.96. The van der Waals surface area contributed by atoms with Crippen molar-refractivity contribution < 1.29 is 19.4 Å². The van der Waals surface area contributed by atoms with Crippen molar-refractivity contribution in [3.05, 3.63) is 27.2 Å². The first-order chi connectivity index (χ1) is 16.0. The number of amides is 2. The summed E-state index contributed by atoms with van der Waals surface area (Å²) in [7, 11) is 0. The molecule has 3 atom stereocenters. The summed E-state index contributed by atoms with van der Waals surface area (Å²) < 4.78 is 8.29.